The Bertz CT molecular complexity index is 639. The molecule has 0 bridgehead atoms. The van der Waals surface area contributed by atoms with Gasteiger partial charge in [0.1, 0.15) is 23.6 Å². The Morgan fingerprint density at radius 2 is 1.86 bits per heavy atom. The second-order valence-electron chi connectivity index (χ2n) is 5.81. The number of ether oxygens (including phenoxy) is 1. The minimum Gasteiger partial charge on any atom is -0.367 e. The van der Waals surface area contributed by atoms with Crippen molar-refractivity contribution >= 4 is 5.82 Å². The summed E-state index contributed by atoms with van der Waals surface area (Å²) in [4.78, 5) is 11.1. The first-order valence-electron chi connectivity index (χ1n) is 7.49. The van der Waals surface area contributed by atoms with E-state index in [1.54, 1.807) is 12.1 Å². The van der Waals surface area contributed by atoms with Crippen LogP contribution < -0.4 is 4.90 Å². The van der Waals surface area contributed by atoms with Crippen molar-refractivity contribution < 1.29 is 9.13 Å². The quantitative estimate of drug-likeness (QED) is 0.854. The molecule has 1 saturated heterocycles. The van der Waals surface area contributed by atoms with Gasteiger partial charge in [-0.2, -0.15) is 0 Å². The molecular formula is C17H20FN3O. The van der Waals surface area contributed by atoms with E-state index in [2.05, 4.69) is 14.9 Å². The van der Waals surface area contributed by atoms with Crippen LogP contribution in [0.1, 0.15) is 30.1 Å². The summed E-state index contributed by atoms with van der Waals surface area (Å²) in [6, 6.07) is 8.51. The molecule has 1 aliphatic rings. The zero-order chi connectivity index (χ0) is 15.7. The number of benzene rings is 1. The standard InChI is InChI=1S/C17H20FN3O/c1-11-8-17(20-13(3)19-11)21-9-12(2)22-16(10-21)14-4-6-15(18)7-5-14/h4-8,12,16H,9-10H2,1-3H3. The molecule has 2 heterocycles. The van der Waals surface area contributed by atoms with Crippen LogP contribution in [0.25, 0.3) is 0 Å². The average Bonchev–Trinajstić information content (AvgIpc) is 2.46. The highest BCUT2D eigenvalue weighted by molar-refractivity contribution is 5.41. The summed E-state index contributed by atoms with van der Waals surface area (Å²) in [6.07, 6.45) is -0.000641. The molecule has 0 radical (unpaired) electrons. The normalized spacial score (nSPS) is 21.9. The molecule has 116 valence electrons. The van der Waals surface area contributed by atoms with Gasteiger partial charge in [-0.1, -0.05) is 12.1 Å². The maximum absolute atomic E-state index is 13.1. The monoisotopic (exact) mass is 301 g/mol. The molecule has 0 spiro atoms. The highest BCUT2D eigenvalue weighted by Gasteiger charge is 2.27. The second-order valence-corrected chi connectivity index (χ2v) is 5.81. The Kier molecular flexibility index (Phi) is 4.07. The van der Waals surface area contributed by atoms with Gasteiger partial charge in [-0.15, -0.1) is 0 Å². The van der Waals surface area contributed by atoms with Gasteiger partial charge in [0.2, 0.25) is 0 Å². The number of nitrogens with zero attached hydrogens (tertiary/aromatic N) is 3. The van der Waals surface area contributed by atoms with Crippen molar-refractivity contribution in [2.75, 3.05) is 18.0 Å². The Balaban J connectivity index is 1.85. The van der Waals surface area contributed by atoms with Gasteiger partial charge in [-0.25, -0.2) is 14.4 Å². The van der Waals surface area contributed by atoms with E-state index in [1.807, 2.05) is 26.8 Å². The molecule has 0 aliphatic carbocycles. The van der Waals surface area contributed by atoms with E-state index >= 15 is 0 Å². The second kappa shape index (κ2) is 6.01. The van der Waals surface area contributed by atoms with Crippen molar-refractivity contribution in [1.82, 2.24) is 9.97 Å². The van der Waals surface area contributed by atoms with Crippen LogP contribution in [0.2, 0.25) is 0 Å². The molecule has 2 unspecified atom stereocenters. The van der Waals surface area contributed by atoms with E-state index in [0.717, 1.165) is 29.4 Å². The molecule has 0 N–H and O–H groups in total. The predicted octanol–water partition coefficient (Wildman–Crippen LogP) is 3.20. The molecule has 22 heavy (non-hydrogen) atoms. The molecule has 1 aliphatic heterocycles. The fraction of sp³-hybridized carbons (Fsp3) is 0.412. The topological polar surface area (TPSA) is 38.2 Å². The number of aryl methyl sites for hydroxylation is 2. The fourth-order valence-corrected chi connectivity index (χ4v) is 2.86. The Hall–Kier alpha value is -2.01. The van der Waals surface area contributed by atoms with E-state index in [9.17, 15) is 4.39 Å². The summed E-state index contributed by atoms with van der Waals surface area (Å²) in [5.41, 5.74) is 1.94. The van der Waals surface area contributed by atoms with Crippen molar-refractivity contribution in [1.29, 1.82) is 0 Å². The van der Waals surface area contributed by atoms with Gasteiger partial charge >= 0.3 is 0 Å². The maximum Gasteiger partial charge on any atom is 0.132 e. The van der Waals surface area contributed by atoms with Crippen molar-refractivity contribution in [3.8, 4) is 0 Å². The number of hydrogen-bond donors (Lipinski definition) is 0. The van der Waals surface area contributed by atoms with Crippen LogP contribution in [0.15, 0.2) is 30.3 Å². The zero-order valence-corrected chi connectivity index (χ0v) is 13.1. The van der Waals surface area contributed by atoms with Crippen molar-refractivity contribution in [3.63, 3.8) is 0 Å². The molecule has 5 heteroatoms. The third-order valence-corrected chi connectivity index (χ3v) is 3.78. The SMILES string of the molecule is Cc1cc(N2CC(C)OC(c3ccc(F)cc3)C2)nc(C)n1. The van der Waals surface area contributed by atoms with Gasteiger partial charge in [0.05, 0.1) is 6.10 Å². The van der Waals surface area contributed by atoms with Gasteiger partial charge in [0.25, 0.3) is 0 Å². The third kappa shape index (κ3) is 3.25. The number of aromatic nitrogens is 2. The Labute approximate surface area is 130 Å². The molecule has 1 fully saturated rings. The lowest BCUT2D eigenvalue weighted by Crippen LogP contribution is -2.43. The van der Waals surface area contributed by atoms with Crippen LogP contribution in [0, 0.1) is 19.7 Å². The third-order valence-electron chi connectivity index (χ3n) is 3.78. The summed E-state index contributed by atoms with van der Waals surface area (Å²) in [5.74, 6) is 1.46. The average molecular weight is 301 g/mol. The molecular weight excluding hydrogens is 281 g/mol. The molecule has 0 amide bonds. The largest absolute Gasteiger partial charge is 0.367 e. The van der Waals surface area contributed by atoms with E-state index in [1.165, 1.54) is 12.1 Å². The van der Waals surface area contributed by atoms with E-state index in [0.29, 0.717) is 6.54 Å². The molecule has 0 saturated carbocycles. The molecule has 3 rings (SSSR count). The van der Waals surface area contributed by atoms with Crippen LogP contribution in [0.3, 0.4) is 0 Å². The summed E-state index contributed by atoms with van der Waals surface area (Å²) in [6.45, 7) is 7.40. The highest BCUT2D eigenvalue weighted by atomic mass is 19.1. The number of anilines is 1. The summed E-state index contributed by atoms with van der Waals surface area (Å²) in [5, 5.41) is 0. The minimum absolute atomic E-state index is 0.0828. The van der Waals surface area contributed by atoms with Crippen LogP contribution >= 0.6 is 0 Å². The van der Waals surface area contributed by atoms with E-state index < -0.39 is 0 Å². The summed E-state index contributed by atoms with van der Waals surface area (Å²) >= 11 is 0. The molecule has 2 atom stereocenters. The van der Waals surface area contributed by atoms with Gasteiger partial charge in [-0.3, -0.25) is 0 Å². The van der Waals surface area contributed by atoms with Crippen molar-refractivity contribution in [2.24, 2.45) is 0 Å². The van der Waals surface area contributed by atoms with Crippen LogP contribution in [-0.2, 0) is 4.74 Å². The molecule has 4 nitrogen and oxygen atoms in total. The number of halogens is 1. The van der Waals surface area contributed by atoms with Gasteiger partial charge in [0, 0.05) is 24.8 Å². The van der Waals surface area contributed by atoms with E-state index in [4.69, 9.17) is 4.74 Å². The van der Waals surface area contributed by atoms with Gasteiger partial charge in [0.15, 0.2) is 0 Å². The first kappa shape index (κ1) is 14.9. The Morgan fingerprint density at radius 1 is 1.14 bits per heavy atom. The van der Waals surface area contributed by atoms with Gasteiger partial charge < -0.3 is 9.64 Å². The highest BCUT2D eigenvalue weighted by Crippen LogP contribution is 2.28. The van der Waals surface area contributed by atoms with Crippen LogP contribution in [0.5, 0.6) is 0 Å². The summed E-state index contributed by atoms with van der Waals surface area (Å²) in [7, 11) is 0. The number of hydrogen-bond acceptors (Lipinski definition) is 4. The predicted molar refractivity (Wildman–Crippen MR) is 83.4 cm³/mol. The van der Waals surface area contributed by atoms with Crippen molar-refractivity contribution in [3.05, 3.63) is 53.2 Å². The maximum atomic E-state index is 13.1. The number of rotatable bonds is 2. The lowest BCUT2D eigenvalue weighted by Gasteiger charge is -2.37. The lowest BCUT2D eigenvalue weighted by atomic mass is 10.1. The van der Waals surface area contributed by atoms with Crippen LogP contribution in [-0.4, -0.2) is 29.2 Å². The Morgan fingerprint density at radius 3 is 2.55 bits per heavy atom. The first-order chi connectivity index (χ1) is 10.5. The minimum atomic E-state index is -0.230. The smallest absolute Gasteiger partial charge is 0.132 e. The molecule has 1 aromatic heterocycles. The lowest BCUT2D eigenvalue weighted by molar-refractivity contribution is -0.0176. The fourth-order valence-electron chi connectivity index (χ4n) is 2.86. The molecule has 2 aromatic rings. The van der Waals surface area contributed by atoms with Gasteiger partial charge in [-0.05, 0) is 38.5 Å². The zero-order valence-electron chi connectivity index (χ0n) is 13.1. The first-order valence-corrected chi connectivity index (χ1v) is 7.49. The van der Waals surface area contributed by atoms with Crippen LogP contribution in [0.4, 0.5) is 10.2 Å². The summed E-state index contributed by atoms with van der Waals surface area (Å²) < 4.78 is 19.1. The van der Waals surface area contributed by atoms with Crippen molar-refractivity contribution in [2.45, 2.75) is 33.0 Å². The molecule has 1 aromatic carbocycles. The number of morpholine rings is 1. The van der Waals surface area contributed by atoms with E-state index in [-0.39, 0.29) is 18.0 Å².